The number of nitrogens with two attached hydrogens (primary N) is 1. The van der Waals surface area contributed by atoms with E-state index in [1.807, 2.05) is 45.0 Å². The number of likely N-dealkylation sites (N-methyl/N-ethyl adjacent to an activating group) is 1. The topological polar surface area (TPSA) is 86.8 Å². The van der Waals surface area contributed by atoms with Crippen LogP contribution < -0.4 is 5.73 Å². The predicted octanol–water partition coefficient (Wildman–Crippen LogP) is 2.31. The summed E-state index contributed by atoms with van der Waals surface area (Å²) in [5.41, 5.74) is 6.43. The highest BCUT2D eigenvalue weighted by Crippen LogP contribution is 2.24. The van der Waals surface area contributed by atoms with Gasteiger partial charge in [0.05, 0.1) is 12.6 Å². The molecule has 0 bridgehead atoms. The third-order valence-corrected chi connectivity index (χ3v) is 3.85. The number of carbonyl (C=O) groups is 2. The Morgan fingerprint density at radius 1 is 1.28 bits per heavy atom. The molecule has 1 heterocycles. The monoisotopic (exact) mass is 347 g/mol. The van der Waals surface area contributed by atoms with Crippen LogP contribution in [0.25, 0.3) is 10.9 Å². The van der Waals surface area contributed by atoms with Crippen LogP contribution in [-0.4, -0.2) is 47.4 Å². The predicted molar refractivity (Wildman–Crippen MR) is 95.0 cm³/mol. The van der Waals surface area contributed by atoms with E-state index < -0.39 is 23.6 Å². The fraction of sp³-hybridized carbons (Fsp3) is 0.444. The molecule has 7 nitrogen and oxygen atoms in total. The molecule has 1 aromatic carbocycles. The summed E-state index contributed by atoms with van der Waals surface area (Å²) in [6.45, 7) is 5.44. The zero-order valence-corrected chi connectivity index (χ0v) is 15.3. The van der Waals surface area contributed by atoms with Crippen LogP contribution >= 0.6 is 0 Å². The van der Waals surface area contributed by atoms with Crippen molar-refractivity contribution in [2.24, 2.45) is 5.73 Å². The lowest BCUT2D eigenvalue weighted by Gasteiger charge is -2.22. The smallest absolute Gasteiger partial charge is 0.419 e. The van der Waals surface area contributed by atoms with Crippen molar-refractivity contribution in [3.8, 4) is 0 Å². The SMILES string of the molecule is CON(C)[C@@H](Cc1cn(C(=O)OC(C)(C)C)c2ccccc12)C(N)=O. The summed E-state index contributed by atoms with van der Waals surface area (Å²) in [5.74, 6) is -0.501. The van der Waals surface area contributed by atoms with Gasteiger partial charge < -0.3 is 15.3 Å². The van der Waals surface area contributed by atoms with Crippen LogP contribution in [0.2, 0.25) is 0 Å². The van der Waals surface area contributed by atoms with Crippen LogP contribution in [0.1, 0.15) is 26.3 Å². The van der Waals surface area contributed by atoms with Crippen LogP contribution in [0.4, 0.5) is 4.79 Å². The fourth-order valence-corrected chi connectivity index (χ4v) is 2.62. The first kappa shape index (κ1) is 19.0. The average Bonchev–Trinajstić information content (AvgIpc) is 2.89. The molecule has 0 unspecified atom stereocenters. The molecule has 2 aromatic rings. The lowest BCUT2D eigenvalue weighted by Crippen LogP contribution is -2.43. The molecule has 7 heteroatoms. The van der Waals surface area contributed by atoms with E-state index in [1.54, 1.807) is 13.2 Å². The molecule has 25 heavy (non-hydrogen) atoms. The highest BCUT2D eigenvalue weighted by Gasteiger charge is 2.25. The maximum atomic E-state index is 12.5. The van der Waals surface area contributed by atoms with Gasteiger partial charge in [-0.15, -0.1) is 0 Å². The summed E-state index contributed by atoms with van der Waals surface area (Å²) in [5, 5.41) is 2.27. The molecule has 0 aliphatic heterocycles. The second-order valence-corrected chi connectivity index (χ2v) is 6.87. The van der Waals surface area contributed by atoms with Gasteiger partial charge in [-0.2, -0.15) is 5.06 Å². The first-order chi connectivity index (χ1) is 11.6. The number of hydrogen-bond donors (Lipinski definition) is 1. The summed E-state index contributed by atoms with van der Waals surface area (Å²) in [4.78, 5) is 29.4. The molecule has 2 rings (SSSR count). The van der Waals surface area contributed by atoms with Crippen LogP contribution in [0.5, 0.6) is 0 Å². The van der Waals surface area contributed by atoms with E-state index in [1.165, 1.54) is 16.7 Å². The van der Waals surface area contributed by atoms with Crippen LogP contribution in [0, 0.1) is 0 Å². The van der Waals surface area contributed by atoms with Crippen molar-refractivity contribution in [3.63, 3.8) is 0 Å². The van der Waals surface area contributed by atoms with Crippen molar-refractivity contribution in [1.82, 2.24) is 9.63 Å². The molecule has 0 radical (unpaired) electrons. The van der Waals surface area contributed by atoms with Gasteiger partial charge in [-0.05, 0) is 32.4 Å². The Morgan fingerprint density at radius 2 is 1.92 bits per heavy atom. The zero-order chi connectivity index (χ0) is 18.8. The molecule has 0 spiro atoms. The number of benzene rings is 1. The molecule has 1 amide bonds. The quantitative estimate of drug-likeness (QED) is 0.839. The van der Waals surface area contributed by atoms with Crippen molar-refractivity contribution < 1.29 is 19.2 Å². The van der Waals surface area contributed by atoms with E-state index in [4.69, 9.17) is 15.3 Å². The number of para-hydroxylation sites is 1. The maximum absolute atomic E-state index is 12.5. The summed E-state index contributed by atoms with van der Waals surface area (Å²) < 4.78 is 6.92. The Labute approximate surface area is 147 Å². The number of fused-ring (bicyclic) bond motifs is 1. The Morgan fingerprint density at radius 3 is 2.48 bits per heavy atom. The van der Waals surface area contributed by atoms with Gasteiger partial charge in [-0.25, -0.2) is 4.79 Å². The van der Waals surface area contributed by atoms with Gasteiger partial charge >= 0.3 is 6.09 Å². The number of carbonyl (C=O) groups excluding carboxylic acids is 2. The molecule has 2 N–H and O–H groups in total. The van der Waals surface area contributed by atoms with Crippen molar-refractivity contribution >= 4 is 22.9 Å². The third-order valence-electron chi connectivity index (χ3n) is 3.85. The Bertz CT molecular complexity index is 776. The second kappa shape index (κ2) is 7.25. The number of primary amides is 1. The second-order valence-electron chi connectivity index (χ2n) is 6.87. The van der Waals surface area contributed by atoms with Crippen molar-refractivity contribution in [2.45, 2.75) is 38.8 Å². The summed E-state index contributed by atoms with van der Waals surface area (Å²) in [6, 6.07) is 6.81. The van der Waals surface area contributed by atoms with E-state index in [0.29, 0.717) is 6.42 Å². The summed E-state index contributed by atoms with van der Waals surface area (Å²) in [6.07, 6.45) is 1.54. The van der Waals surface area contributed by atoms with Gasteiger partial charge in [0.15, 0.2) is 0 Å². The lowest BCUT2D eigenvalue weighted by atomic mass is 10.0. The van der Waals surface area contributed by atoms with Crippen LogP contribution in [0.15, 0.2) is 30.5 Å². The van der Waals surface area contributed by atoms with Gasteiger partial charge in [-0.3, -0.25) is 9.36 Å². The molecule has 0 aliphatic rings. The standard InChI is InChI=1S/C18H25N3O4/c1-18(2,3)25-17(23)21-11-12(13-8-6-7-9-14(13)21)10-15(16(19)22)20(4)24-5/h6-9,11,15H,10H2,1-5H3,(H2,19,22)/t15-/m0/s1. The molecule has 0 saturated heterocycles. The minimum absolute atomic E-state index is 0.315. The Kier molecular flexibility index (Phi) is 5.49. The average molecular weight is 347 g/mol. The van der Waals surface area contributed by atoms with Crippen molar-refractivity contribution in [1.29, 1.82) is 0 Å². The van der Waals surface area contributed by atoms with E-state index >= 15 is 0 Å². The van der Waals surface area contributed by atoms with E-state index in [2.05, 4.69) is 0 Å². The van der Waals surface area contributed by atoms with E-state index in [9.17, 15) is 9.59 Å². The first-order valence-electron chi connectivity index (χ1n) is 8.02. The molecule has 0 aliphatic carbocycles. The molecular weight excluding hydrogens is 322 g/mol. The fourth-order valence-electron chi connectivity index (χ4n) is 2.62. The molecular formula is C18H25N3O4. The van der Waals surface area contributed by atoms with Gasteiger partial charge in [0.1, 0.15) is 11.6 Å². The third kappa shape index (κ3) is 4.37. The normalized spacial score (nSPS) is 13.2. The minimum Gasteiger partial charge on any atom is -0.443 e. The highest BCUT2D eigenvalue weighted by atomic mass is 16.7. The number of rotatable bonds is 5. The van der Waals surface area contributed by atoms with Crippen LogP contribution in [-0.2, 0) is 20.8 Å². The zero-order valence-electron chi connectivity index (χ0n) is 15.3. The Balaban J connectivity index is 2.45. The van der Waals surface area contributed by atoms with Gasteiger partial charge in [0, 0.05) is 25.1 Å². The summed E-state index contributed by atoms with van der Waals surface area (Å²) >= 11 is 0. The molecule has 1 aromatic heterocycles. The van der Waals surface area contributed by atoms with Gasteiger partial charge in [0.25, 0.3) is 0 Å². The number of ether oxygens (including phenoxy) is 1. The molecule has 0 saturated carbocycles. The highest BCUT2D eigenvalue weighted by molar-refractivity contribution is 5.92. The molecule has 1 atom stereocenters. The number of hydroxylamine groups is 2. The van der Waals surface area contributed by atoms with Crippen LogP contribution in [0.3, 0.4) is 0 Å². The van der Waals surface area contributed by atoms with Crippen molar-refractivity contribution in [2.75, 3.05) is 14.2 Å². The van der Waals surface area contributed by atoms with E-state index in [0.717, 1.165) is 16.5 Å². The Hall–Kier alpha value is -2.38. The first-order valence-corrected chi connectivity index (χ1v) is 8.02. The molecule has 0 fully saturated rings. The number of nitrogens with zero attached hydrogens (tertiary/aromatic N) is 2. The maximum Gasteiger partial charge on any atom is 0.419 e. The number of aromatic nitrogens is 1. The van der Waals surface area contributed by atoms with Gasteiger partial charge in [0.2, 0.25) is 5.91 Å². The summed E-state index contributed by atoms with van der Waals surface area (Å²) in [7, 11) is 3.11. The van der Waals surface area contributed by atoms with Crippen molar-refractivity contribution in [3.05, 3.63) is 36.0 Å². The molecule has 136 valence electrons. The number of amides is 1. The largest absolute Gasteiger partial charge is 0.443 e. The minimum atomic E-state index is -0.650. The lowest BCUT2D eigenvalue weighted by molar-refractivity contribution is -0.158. The number of hydrogen-bond acceptors (Lipinski definition) is 5. The van der Waals surface area contributed by atoms with Gasteiger partial charge in [-0.1, -0.05) is 18.2 Å². The van der Waals surface area contributed by atoms with E-state index in [-0.39, 0.29) is 0 Å².